The molecular weight excluding hydrogens is 444 g/mol. The van der Waals surface area contributed by atoms with Gasteiger partial charge in [-0.1, -0.05) is 17.7 Å². The maximum atomic E-state index is 13.8. The zero-order chi connectivity index (χ0) is 24.6. The third-order valence-electron chi connectivity index (χ3n) is 6.23. The van der Waals surface area contributed by atoms with Crippen molar-refractivity contribution in [1.82, 2.24) is 5.32 Å². The molecule has 178 valence electrons. The third-order valence-corrected chi connectivity index (χ3v) is 6.23. The number of amides is 4. The summed E-state index contributed by atoms with van der Waals surface area (Å²) in [6.07, 6.45) is -0.791. The van der Waals surface area contributed by atoms with E-state index in [1.54, 1.807) is 35.2 Å². The van der Waals surface area contributed by atoms with Crippen LogP contribution in [0.3, 0.4) is 0 Å². The topological polar surface area (TPSA) is 131 Å². The molecule has 1 fully saturated rings. The van der Waals surface area contributed by atoms with E-state index in [2.05, 4.69) is 5.32 Å². The first-order valence-electron chi connectivity index (χ1n) is 10.5. The number of carbonyl (C=O) groups is 3. The number of barbiturate groups is 1. The van der Waals surface area contributed by atoms with Crippen molar-refractivity contribution in [2.45, 2.75) is 19.6 Å². The minimum absolute atomic E-state index is 0.0681. The van der Waals surface area contributed by atoms with Crippen molar-refractivity contribution in [3.63, 3.8) is 0 Å². The number of non-ortho nitro benzene ring substituents is 1. The van der Waals surface area contributed by atoms with Crippen molar-refractivity contribution in [2.24, 2.45) is 5.41 Å². The molecule has 2 aliphatic heterocycles. The number of imide groups is 2. The van der Waals surface area contributed by atoms with Crippen LogP contribution in [0.5, 0.6) is 0 Å². The summed E-state index contributed by atoms with van der Waals surface area (Å²) < 4.78 is 10.6. The minimum Gasteiger partial charge on any atom is -0.365 e. The molecule has 34 heavy (non-hydrogen) atoms. The van der Waals surface area contributed by atoms with E-state index < -0.39 is 34.5 Å². The lowest BCUT2D eigenvalue weighted by molar-refractivity contribution is -0.384. The fourth-order valence-corrected chi connectivity index (χ4v) is 4.42. The first-order valence-corrected chi connectivity index (χ1v) is 10.5. The number of methoxy groups -OCH3 is 2. The number of ether oxygens (including phenoxy) is 2. The van der Waals surface area contributed by atoms with Crippen molar-refractivity contribution in [2.75, 3.05) is 37.1 Å². The summed E-state index contributed by atoms with van der Waals surface area (Å²) in [6.45, 7) is 1.96. The molecule has 1 N–H and O–H groups in total. The Hall–Kier alpha value is -3.83. The maximum Gasteiger partial charge on any atom is 0.335 e. The predicted molar refractivity (Wildman–Crippen MR) is 121 cm³/mol. The molecule has 2 aromatic carbocycles. The molecule has 2 heterocycles. The lowest BCUT2D eigenvalue weighted by Crippen LogP contribution is -2.69. The van der Waals surface area contributed by atoms with Crippen molar-refractivity contribution in [3.05, 3.63) is 63.7 Å². The fourth-order valence-electron chi connectivity index (χ4n) is 4.42. The van der Waals surface area contributed by atoms with Crippen LogP contribution in [0, 0.1) is 22.5 Å². The Kier molecular flexibility index (Phi) is 6.07. The maximum absolute atomic E-state index is 13.8. The van der Waals surface area contributed by atoms with Crippen LogP contribution in [0.25, 0.3) is 0 Å². The summed E-state index contributed by atoms with van der Waals surface area (Å²) >= 11 is 0. The SMILES string of the molecule is COC(CN1C[C@]2(Cc3cc([N+](=O)[O-])ccc31)C(=O)NC(=O)N(c1ccc(C)cc1)C2=O)OC. The number of aryl methyl sites for hydroxylation is 1. The van der Waals surface area contributed by atoms with Gasteiger partial charge in [-0.3, -0.25) is 25.0 Å². The van der Waals surface area contributed by atoms with Crippen LogP contribution in [0.4, 0.5) is 21.9 Å². The molecule has 11 heteroatoms. The average molecular weight is 468 g/mol. The molecule has 0 saturated carbocycles. The second kappa shape index (κ2) is 8.84. The molecule has 11 nitrogen and oxygen atoms in total. The standard InChI is InChI=1S/C23H24N4O7/c1-14-4-6-16(7-5-14)26-21(29)23(20(28)24-22(26)30)11-15-10-17(27(31)32)8-9-18(15)25(13-23)12-19(33-2)34-3/h4-10,19H,11-13H2,1-3H3,(H,24,28,30)/t23-/m1/s1. The average Bonchev–Trinajstić information content (AvgIpc) is 2.82. The van der Waals surface area contributed by atoms with E-state index in [0.717, 1.165) is 10.5 Å². The Morgan fingerprint density at radius 3 is 2.41 bits per heavy atom. The Morgan fingerprint density at radius 1 is 1.12 bits per heavy atom. The van der Waals surface area contributed by atoms with E-state index in [4.69, 9.17) is 9.47 Å². The zero-order valence-electron chi connectivity index (χ0n) is 18.9. The van der Waals surface area contributed by atoms with Gasteiger partial charge in [-0.05, 0) is 37.1 Å². The summed E-state index contributed by atoms with van der Waals surface area (Å²) in [4.78, 5) is 53.3. The van der Waals surface area contributed by atoms with E-state index >= 15 is 0 Å². The lowest BCUT2D eigenvalue weighted by Gasteiger charge is -2.46. The highest BCUT2D eigenvalue weighted by Crippen LogP contribution is 2.42. The predicted octanol–water partition coefficient (Wildman–Crippen LogP) is 2.15. The summed E-state index contributed by atoms with van der Waals surface area (Å²) in [7, 11) is 2.92. The number of nitro groups is 1. The molecule has 4 rings (SSSR count). The van der Waals surface area contributed by atoms with Crippen LogP contribution in [-0.4, -0.2) is 56.4 Å². The number of benzene rings is 2. The number of hydrogen-bond donors (Lipinski definition) is 1. The lowest BCUT2D eigenvalue weighted by atomic mass is 9.74. The van der Waals surface area contributed by atoms with E-state index in [1.165, 1.54) is 26.4 Å². The highest BCUT2D eigenvalue weighted by molar-refractivity contribution is 6.30. The molecule has 0 radical (unpaired) electrons. The van der Waals surface area contributed by atoms with Crippen molar-refractivity contribution >= 4 is 34.9 Å². The number of hydrogen-bond acceptors (Lipinski definition) is 8. The molecule has 0 aliphatic carbocycles. The summed E-state index contributed by atoms with van der Waals surface area (Å²) in [5, 5.41) is 13.7. The van der Waals surface area contributed by atoms with Gasteiger partial charge in [0.25, 0.3) is 11.6 Å². The Labute approximate surface area is 195 Å². The highest BCUT2D eigenvalue weighted by Gasteiger charge is 2.57. The quantitative estimate of drug-likeness (QED) is 0.295. The van der Waals surface area contributed by atoms with Gasteiger partial charge in [0.1, 0.15) is 0 Å². The van der Waals surface area contributed by atoms with Gasteiger partial charge >= 0.3 is 6.03 Å². The highest BCUT2D eigenvalue weighted by atomic mass is 16.7. The molecule has 1 saturated heterocycles. The normalized spacial score (nSPS) is 20.1. The largest absolute Gasteiger partial charge is 0.365 e. The monoisotopic (exact) mass is 468 g/mol. The van der Waals surface area contributed by atoms with Gasteiger partial charge in [-0.25, -0.2) is 9.69 Å². The molecule has 0 unspecified atom stereocenters. The van der Waals surface area contributed by atoms with E-state index in [0.29, 0.717) is 16.9 Å². The smallest absolute Gasteiger partial charge is 0.335 e. The number of anilines is 2. The molecule has 2 aromatic rings. The molecule has 1 atom stereocenters. The van der Waals surface area contributed by atoms with Gasteiger partial charge in [0.05, 0.1) is 17.2 Å². The third kappa shape index (κ3) is 3.88. The van der Waals surface area contributed by atoms with Crippen LogP contribution < -0.4 is 15.1 Å². The molecule has 0 bridgehead atoms. The Balaban J connectivity index is 1.81. The van der Waals surface area contributed by atoms with Gasteiger partial charge in [0, 0.05) is 38.6 Å². The van der Waals surface area contributed by atoms with Crippen molar-refractivity contribution < 1.29 is 28.8 Å². The number of nitrogens with zero attached hydrogens (tertiary/aromatic N) is 3. The van der Waals surface area contributed by atoms with E-state index in [-0.39, 0.29) is 25.2 Å². The Bertz CT molecular complexity index is 1160. The number of fused-ring (bicyclic) bond motifs is 1. The molecular formula is C23H24N4O7. The summed E-state index contributed by atoms with van der Waals surface area (Å²) in [6, 6.07) is 10.2. The van der Waals surface area contributed by atoms with E-state index in [1.807, 2.05) is 6.92 Å². The van der Waals surface area contributed by atoms with Crippen LogP contribution in [0.1, 0.15) is 11.1 Å². The molecule has 0 aromatic heterocycles. The van der Waals surface area contributed by atoms with Crippen molar-refractivity contribution in [1.29, 1.82) is 0 Å². The van der Waals surface area contributed by atoms with Gasteiger partial charge < -0.3 is 14.4 Å². The number of carbonyl (C=O) groups excluding carboxylic acids is 3. The first kappa shape index (κ1) is 23.3. The Morgan fingerprint density at radius 2 is 1.79 bits per heavy atom. The number of urea groups is 1. The molecule has 2 aliphatic rings. The molecule has 1 spiro atoms. The van der Waals surface area contributed by atoms with Gasteiger partial charge in [-0.15, -0.1) is 0 Å². The van der Waals surface area contributed by atoms with Crippen LogP contribution in [-0.2, 0) is 25.5 Å². The summed E-state index contributed by atoms with van der Waals surface area (Å²) in [5.74, 6) is -1.45. The summed E-state index contributed by atoms with van der Waals surface area (Å²) in [5.41, 5.74) is 0.467. The molecule has 4 amide bonds. The first-order chi connectivity index (χ1) is 16.2. The van der Waals surface area contributed by atoms with E-state index in [9.17, 15) is 24.5 Å². The van der Waals surface area contributed by atoms with Crippen molar-refractivity contribution in [3.8, 4) is 0 Å². The van der Waals surface area contributed by atoms with Crippen LogP contribution in [0.15, 0.2) is 42.5 Å². The number of nitrogens with one attached hydrogen (secondary N) is 1. The van der Waals surface area contributed by atoms with Gasteiger partial charge in [0.2, 0.25) is 5.91 Å². The van der Waals surface area contributed by atoms with Gasteiger partial charge in [-0.2, -0.15) is 0 Å². The number of rotatable bonds is 6. The van der Waals surface area contributed by atoms with Crippen LogP contribution in [0.2, 0.25) is 0 Å². The number of nitro benzene ring substituents is 1. The van der Waals surface area contributed by atoms with Gasteiger partial charge in [0.15, 0.2) is 11.7 Å². The zero-order valence-corrected chi connectivity index (χ0v) is 18.9. The second-order valence-electron chi connectivity index (χ2n) is 8.35. The minimum atomic E-state index is -1.69. The fraction of sp³-hybridized carbons (Fsp3) is 0.348. The second-order valence-corrected chi connectivity index (χ2v) is 8.35. The van der Waals surface area contributed by atoms with Crippen LogP contribution >= 0.6 is 0 Å².